The van der Waals surface area contributed by atoms with Crippen LogP contribution in [0.15, 0.2) is 60.2 Å². The summed E-state index contributed by atoms with van der Waals surface area (Å²) in [6, 6.07) is 19.1. The fraction of sp³-hybridized carbons (Fsp3) is 0.314. The van der Waals surface area contributed by atoms with E-state index in [1.807, 2.05) is 19.1 Å². The highest BCUT2D eigenvalue weighted by Crippen LogP contribution is 2.53. The number of hydrogen-bond donors (Lipinski definition) is 0. The van der Waals surface area contributed by atoms with Gasteiger partial charge in [0.05, 0.1) is 50.2 Å². The fourth-order valence-corrected chi connectivity index (χ4v) is 5.61. The summed E-state index contributed by atoms with van der Waals surface area (Å²) in [5.74, 6) is -1.69. The van der Waals surface area contributed by atoms with E-state index in [1.165, 1.54) is 48.5 Å². The van der Waals surface area contributed by atoms with E-state index in [-0.39, 0.29) is 17.3 Å². The van der Waals surface area contributed by atoms with Crippen LogP contribution in [0.25, 0.3) is 16.8 Å². The van der Waals surface area contributed by atoms with Gasteiger partial charge in [0.1, 0.15) is 5.75 Å². The molecule has 260 valence electrons. The van der Waals surface area contributed by atoms with Crippen molar-refractivity contribution in [2.45, 2.75) is 39.3 Å². The van der Waals surface area contributed by atoms with E-state index in [2.05, 4.69) is 14.2 Å². The first-order chi connectivity index (χ1) is 23.3. The topological polar surface area (TPSA) is 188 Å². The Balaban J connectivity index is 0.000000378. The molecule has 3 aromatic rings. The molecular formula is C35H39N2O11P. The summed E-state index contributed by atoms with van der Waals surface area (Å²) in [5.41, 5.74) is 1.99. The third-order valence-corrected chi connectivity index (χ3v) is 9.04. The maximum absolute atomic E-state index is 11.7. The van der Waals surface area contributed by atoms with Crippen molar-refractivity contribution in [1.82, 2.24) is 0 Å². The summed E-state index contributed by atoms with van der Waals surface area (Å²) in [5, 5.41) is 18.8. The monoisotopic (exact) mass is 694 g/mol. The zero-order valence-electron chi connectivity index (χ0n) is 28.6. The Morgan fingerprint density at radius 1 is 0.816 bits per heavy atom. The Labute approximate surface area is 285 Å². The highest BCUT2D eigenvalue weighted by atomic mass is 31.2. The van der Waals surface area contributed by atoms with Crippen molar-refractivity contribution in [1.29, 1.82) is 10.5 Å². The molecule has 0 aromatic heterocycles. The van der Waals surface area contributed by atoms with Crippen molar-refractivity contribution in [2.75, 3.05) is 35.5 Å². The van der Waals surface area contributed by atoms with Crippen LogP contribution < -0.4 is 4.74 Å². The van der Waals surface area contributed by atoms with Crippen LogP contribution in [0, 0.1) is 22.7 Å². The summed E-state index contributed by atoms with van der Waals surface area (Å²) in [6.07, 6.45) is 2.74. The summed E-state index contributed by atoms with van der Waals surface area (Å²) < 4.78 is 40.0. The highest BCUT2D eigenvalue weighted by molar-refractivity contribution is 7.55. The lowest BCUT2D eigenvalue weighted by molar-refractivity contribution is -0.140. The van der Waals surface area contributed by atoms with Crippen LogP contribution in [0.5, 0.6) is 5.75 Å². The maximum atomic E-state index is 11.7. The molecule has 3 rings (SSSR count). The number of hydrogen-bond acceptors (Lipinski definition) is 13. The van der Waals surface area contributed by atoms with E-state index >= 15 is 0 Å². The van der Waals surface area contributed by atoms with Crippen LogP contribution in [0.4, 0.5) is 0 Å². The number of benzene rings is 3. The maximum Gasteiger partial charge on any atom is 0.344 e. The van der Waals surface area contributed by atoms with Crippen LogP contribution in [-0.4, -0.2) is 65.1 Å². The van der Waals surface area contributed by atoms with Crippen LogP contribution in [0.2, 0.25) is 0 Å². The molecule has 0 spiro atoms. The van der Waals surface area contributed by atoms with Crippen molar-refractivity contribution >= 4 is 48.3 Å². The molecule has 0 aliphatic heterocycles. The standard InChI is InChI=1S/C15H11NO4.C13H13NO2.C7H15O5P/c1-9(17)20-14-7-12(15(18)19-2)6-11-4-3-10(8-16)5-13(11)14;1-3-12(13(15)16-2)8-10-4-6-11(9-14)7-5-10;1-5-6(7(8)10-2)13(9,11-3)12-4/h3-7H,1-2H3;4-8H,3H2,1-2H3;6H,5H2,1-4H3/b;12-8+;. The van der Waals surface area contributed by atoms with Gasteiger partial charge in [0, 0.05) is 32.1 Å². The second-order valence-electron chi connectivity index (χ2n) is 9.71. The number of rotatable bonds is 10. The van der Waals surface area contributed by atoms with Gasteiger partial charge in [-0.2, -0.15) is 10.5 Å². The van der Waals surface area contributed by atoms with E-state index in [4.69, 9.17) is 24.3 Å². The number of nitriles is 2. The van der Waals surface area contributed by atoms with Crippen molar-refractivity contribution in [2.24, 2.45) is 0 Å². The molecule has 0 radical (unpaired) electrons. The molecule has 0 heterocycles. The van der Waals surface area contributed by atoms with E-state index in [0.29, 0.717) is 40.3 Å². The van der Waals surface area contributed by atoms with Crippen molar-refractivity contribution < 1.29 is 51.7 Å². The first-order valence-electron chi connectivity index (χ1n) is 14.6. The molecule has 1 unspecified atom stereocenters. The van der Waals surface area contributed by atoms with Gasteiger partial charge >= 0.3 is 31.5 Å². The Morgan fingerprint density at radius 3 is 1.86 bits per heavy atom. The number of carbonyl (C=O) groups is 4. The van der Waals surface area contributed by atoms with Gasteiger partial charge in [-0.3, -0.25) is 14.2 Å². The van der Waals surface area contributed by atoms with Gasteiger partial charge in [-0.1, -0.05) is 32.0 Å². The Hall–Kier alpha value is -5.33. The van der Waals surface area contributed by atoms with Gasteiger partial charge in [0.2, 0.25) is 0 Å². The molecule has 49 heavy (non-hydrogen) atoms. The number of nitrogens with zero attached hydrogens (tertiary/aromatic N) is 2. The number of fused-ring (bicyclic) bond motifs is 1. The van der Waals surface area contributed by atoms with Crippen LogP contribution in [0.1, 0.15) is 60.7 Å². The number of carbonyl (C=O) groups excluding carboxylic acids is 4. The first-order valence-corrected chi connectivity index (χ1v) is 16.2. The Morgan fingerprint density at radius 2 is 1.41 bits per heavy atom. The lowest BCUT2D eigenvalue weighted by atomic mass is 10.0. The van der Waals surface area contributed by atoms with E-state index < -0.39 is 31.2 Å². The van der Waals surface area contributed by atoms with Crippen molar-refractivity contribution in [3.8, 4) is 17.9 Å². The molecule has 0 aliphatic carbocycles. The predicted molar refractivity (Wildman–Crippen MR) is 180 cm³/mol. The van der Waals surface area contributed by atoms with Crippen molar-refractivity contribution in [3.63, 3.8) is 0 Å². The molecule has 0 N–H and O–H groups in total. The molecule has 0 saturated heterocycles. The second-order valence-corrected chi connectivity index (χ2v) is 12.1. The summed E-state index contributed by atoms with van der Waals surface area (Å²) >= 11 is 0. The molecule has 1 atom stereocenters. The number of esters is 4. The normalized spacial score (nSPS) is 11.2. The average molecular weight is 695 g/mol. The number of ether oxygens (including phenoxy) is 4. The zero-order chi connectivity index (χ0) is 37.1. The largest absolute Gasteiger partial charge is 0.468 e. The first kappa shape index (κ1) is 41.7. The smallest absolute Gasteiger partial charge is 0.344 e. The lowest BCUT2D eigenvalue weighted by Crippen LogP contribution is -2.23. The van der Waals surface area contributed by atoms with E-state index in [1.54, 1.807) is 61.5 Å². The zero-order valence-corrected chi connectivity index (χ0v) is 29.5. The molecule has 0 aliphatic rings. The summed E-state index contributed by atoms with van der Waals surface area (Å²) in [7, 11) is 3.03. The summed E-state index contributed by atoms with van der Waals surface area (Å²) in [4.78, 5) is 45.2. The fourth-order valence-electron chi connectivity index (χ4n) is 4.14. The van der Waals surface area contributed by atoms with E-state index in [0.717, 1.165) is 5.56 Å². The predicted octanol–water partition coefficient (Wildman–Crippen LogP) is 6.37. The van der Waals surface area contributed by atoms with Gasteiger partial charge in [-0.15, -0.1) is 0 Å². The van der Waals surface area contributed by atoms with Gasteiger partial charge < -0.3 is 28.0 Å². The third kappa shape index (κ3) is 12.3. The quantitative estimate of drug-likeness (QED) is 0.0749. The average Bonchev–Trinajstić information content (AvgIpc) is 3.13. The minimum Gasteiger partial charge on any atom is -0.468 e. The SMILES string of the molecule is CC/C(=C\c1ccc(C#N)cc1)C(=O)OC.CCC(C(=O)OC)P(=O)(OC)OC.COC(=O)c1cc(OC(C)=O)c2cc(C#N)ccc2c1. The van der Waals surface area contributed by atoms with Gasteiger partial charge in [-0.05, 0) is 66.3 Å². The molecule has 0 saturated carbocycles. The lowest BCUT2D eigenvalue weighted by Gasteiger charge is -2.20. The summed E-state index contributed by atoms with van der Waals surface area (Å²) in [6.45, 7) is 4.88. The number of methoxy groups -OCH3 is 3. The van der Waals surface area contributed by atoms with E-state index in [9.17, 15) is 23.7 Å². The Kier molecular flexibility index (Phi) is 17.7. The molecule has 13 nitrogen and oxygen atoms in total. The van der Waals surface area contributed by atoms with Gasteiger partial charge in [0.15, 0.2) is 5.66 Å². The molecular weight excluding hydrogens is 655 g/mol. The third-order valence-electron chi connectivity index (χ3n) is 6.68. The van der Waals surface area contributed by atoms with Gasteiger partial charge in [-0.25, -0.2) is 9.59 Å². The second kappa shape index (κ2) is 20.8. The molecule has 0 bridgehead atoms. The van der Waals surface area contributed by atoms with Crippen molar-refractivity contribution in [3.05, 3.63) is 82.4 Å². The van der Waals surface area contributed by atoms with Crippen LogP contribution >= 0.6 is 7.60 Å². The Bertz CT molecular complexity index is 1780. The molecule has 0 fully saturated rings. The van der Waals surface area contributed by atoms with Crippen LogP contribution in [-0.2, 0) is 42.2 Å². The molecule has 0 amide bonds. The van der Waals surface area contributed by atoms with Gasteiger partial charge in [0.25, 0.3) is 0 Å². The molecule has 3 aromatic carbocycles. The molecule has 14 heteroatoms. The highest BCUT2D eigenvalue weighted by Gasteiger charge is 2.39. The minimum absolute atomic E-state index is 0.229. The van der Waals surface area contributed by atoms with Crippen LogP contribution in [0.3, 0.4) is 0 Å². The minimum atomic E-state index is -3.34.